The highest BCUT2D eigenvalue weighted by atomic mass is 16.5. The molecule has 0 saturated heterocycles. The van der Waals surface area contributed by atoms with Gasteiger partial charge >= 0.3 is 0 Å². The smallest absolute Gasteiger partial charge is 0.154 e. The quantitative estimate of drug-likeness (QED) is 0.685. The van der Waals surface area contributed by atoms with E-state index in [1.807, 2.05) is 16.5 Å². The zero-order valence-corrected chi connectivity index (χ0v) is 8.36. The predicted molar refractivity (Wildman–Crippen MR) is 51.0 cm³/mol. The third kappa shape index (κ3) is 1.50. The van der Waals surface area contributed by atoms with Crippen molar-refractivity contribution in [3.8, 4) is 0 Å². The first kappa shape index (κ1) is 9.21. The number of hydrogen-bond acceptors (Lipinski definition) is 4. The van der Waals surface area contributed by atoms with E-state index in [4.69, 9.17) is 4.74 Å². The Labute approximate surface area is 82.3 Å². The van der Waals surface area contributed by atoms with E-state index in [9.17, 15) is 4.79 Å². The van der Waals surface area contributed by atoms with Gasteiger partial charge in [-0.15, -0.1) is 0 Å². The molecule has 1 aliphatic heterocycles. The molecule has 0 saturated carbocycles. The van der Waals surface area contributed by atoms with E-state index in [1.165, 1.54) is 0 Å². The molecule has 0 unspecified atom stereocenters. The van der Waals surface area contributed by atoms with Crippen LogP contribution in [-0.2, 0) is 22.7 Å². The van der Waals surface area contributed by atoms with E-state index in [0.717, 1.165) is 11.5 Å². The summed E-state index contributed by atoms with van der Waals surface area (Å²) in [4.78, 5) is 17.1. The second-order valence-corrected chi connectivity index (χ2v) is 3.52. The standard InChI is InChI=1S/C9H13N3O2/c1-7(13)3-12-5-10-9-8(12)4-14-6-11(9)2/h5H,3-4,6H2,1-2H3. The topological polar surface area (TPSA) is 47.4 Å². The molecule has 0 bridgehead atoms. The first-order chi connectivity index (χ1) is 6.68. The second-order valence-electron chi connectivity index (χ2n) is 3.52. The molecule has 0 atom stereocenters. The number of anilines is 1. The molecule has 5 heteroatoms. The molecule has 1 aromatic rings. The van der Waals surface area contributed by atoms with Crippen molar-refractivity contribution in [2.24, 2.45) is 0 Å². The lowest BCUT2D eigenvalue weighted by atomic mass is 10.3. The molecule has 76 valence electrons. The predicted octanol–water partition coefficient (Wildman–Crippen LogP) is 0.396. The summed E-state index contributed by atoms with van der Waals surface area (Å²) >= 11 is 0. The first-order valence-corrected chi connectivity index (χ1v) is 4.51. The number of hydrogen-bond donors (Lipinski definition) is 0. The fourth-order valence-electron chi connectivity index (χ4n) is 1.58. The van der Waals surface area contributed by atoms with Gasteiger partial charge in [0.05, 0.1) is 25.2 Å². The van der Waals surface area contributed by atoms with Gasteiger partial charge in [-0.05, 0) is 6.92 Å². The van der Waals surface area contributed by atoms with Gasteiger partial charge in [0.25, 0.3) is 0 Å². The number of carbonyl (C=O) groups excluding carboxylic acids is 1. The lowest BCUT2D eigenvalue weighted by Crippen LogP contribution is -2.27. The maximum atomic E-state index is 11.0. The highest BCUT2D eigenvalue weighted by Gasteiger charge is 2.19. The van der Waals surface area contributed by atoms with Gasteiger partial charge in [0.2, 0.25) is 0 Å². The van der Waals surface area contributed by atoms with E-state index in [0.29, 0.717) is 19.9 Å². The van der Waals surface area contributed by atoms with Crippen LogP contribution in [0.2, 0.25) is 0 Å². The van der Waals surface area contributed by atoms with Crippen molar-refractivity contribution in [3.63, 3.8) is 0 Å². The molecule has 2 heterocycles. The molecule has 0 fully saturated rings. The molecule has 1 aromatic heterocycles. The summed E-state index contributed by atoms with van der Waals surface area (Å²) < 4.78 is 7.18. The minimum Gasteiger partial charge on any atom is -0.355 e. The van der Waals surface area contributed by atoms with Crippen molar-refractivity contribution < 1.29 is 9.53 Å². The van der Waals surface area contributed by atoms with Gasteiger partial charge < -0.3 is 14.2 Å². The minimum absolute atomic E-state index is 0.124. The summed E-state index contributed by atoms with van der Waals surface area (Å²) in [5.74, 6) is 1.04. The van der Waals surface area contributed by atoms with Crippen molar-refractivity contribution >= 4 is 11.6 Å². The van der Waals surface area contributed by atoms with Crippen LogP contribution in [0.25, 0.3) is 0 Å². The van der Waals surface area contributed by atoms with Crippen molar-refractivity contribution in [1.82, 2.24) is 9.55 Å². The van der Waals surface area contributed by atoms with Crippen LogP contribution in [0.15, 0.2) is 6.33 Å². The molecule has 0 radical (unpaired) electrons. The van der Waals surface area contributed by atoms with Crippen LogP contribution >= 0.6 is 0 Å². The normalized spacial score (nSPS) is 15.4. The summed E-state index contributed by atoms with van der Waals surface area (Å²) in [6.07, 6.45) is 1.69. The average molecular weight is 195 g/mol. The summed E-state index contributed by atoms with van der Waals surface area (Å²) in [5, 5.41) is 0. The largest absolute Gasteiger partial charge is 0.355 e. The van der Waals surface area contributed by atoms with Crippen molar-refractivity contribution in [1.29, 1.82) is 0 Å². The number of imidazole rings is 1. The Balaban J connectivity index is 2.31. The van der Waals surface area contributed by atoms with Crippen LogP contribution in [-0.4, -0.2) is 29.1 Å². The number of Topliss-reactive ketones (excluding diaryl/α,β-unsaturated/α-hetero) is 1. The number of ketones is 1. The summed E-state index contributed by atoms with van der Waals surface area (Å²) in [6, 6.07) is 0. The van der Waals surface area contributed by atoms with Crippen LogP contribution in [0.4, 0.5) is 5.82 Å². The summed E-state index contributed by atoms with van der Waals surface area (Å²) in [7, 11) is 1.92. The number of carbonyl (C=O) groups is 1. The molecular weight excluding hydrogens is 182 g/mol. The fraction of sp³-hybridized carbons (Fsp3) is 0.556. The Kier molecular flexibility index (Phi) is 2.25. The Bertz CT molecular complexity index is 359. The Hall–Kier alpha value is -1.36. The molecule has 0 aliphatic carbocycles. The molecule has 14 heavy (non-hydrogen) atoms. The molecular formula is C9H13N3O2. The Morgan fingerprint density at radius 2 is 2.50 bits per heavy atom. The lowest BCUT2D eigenvalue weighted by Gasteiger charge is -2.24. The Morgan fingerprint density at radius 3 is 3.21 bits per heavy atom. The van der Waals surface area contributed by atoms with Gasteiger partial charge in [0.1, 0.15) is 12.5 Å². The fourth-order valence-corrected chi connectivity index (χ4v) is 1.58. The van der Waals surface area contributed by atoms with E-state index >= 15 is 0 Å². The van der Waals surface area contributed by atoms with Gasteiger partial charge in [0, 0.05) is 7.05 Å². The van der Waals surface area contributed by atoms with E-state index in [1.54, 1.807) is 13.3 Å². The molecule has 5 nitrogen and oxygen atoms in total. The highest BCUT2D eigenvalue weighted by molar-refractivity contribution is 5.75. The SMILES string of the molecule is CC(=O)Cn1cnc2c1COCN2C. The lowest BCUT2D eigenvalue weighted by molar-refractivity contribution is -0.117. The van der Waals surface area contributed by atoms with Gasteiger partial charge in [0.15, 0.2) is 5.82 Å². The molecule has 0 spiro atoms. The third-order valence-electron chi connectivity index (χ3n) is 2.20. The summed E-state index contributed by atoms with van der Waals surface area (Å²) in [5.41, 5.74) is 0.981. The zero-order valence-electron chi connectivity index (χ0n) is 8.36. The van der Waals surface area contributed by atoms with Crippen LogP contribution in [0.3, 0.4) is 0 Å². The highest BCUT2D eigenvalue weighted by Crippen LogP contribution is 2.22. The molecule has 0 amide bonds. The number of nitrogens with zero attached hydrogens (tertiary/aromatic N) is 3. The van der Waals surface area contributed by atoms with Crippen LogP contribution in [0.1, 0.15) is 12.6 Å². The molecule has 0 aromatic carbocycles. The van der Waals surface area contributed by atoms with Crippen LogP contribution < -0.4 is 4.90 Å². The van der Waals surface area contributed by atoms with Crippen LogP contribution in [0.5, 0.6) is 0 Å². The van der Waals surface area contributed by atoms with E-state index < -0.39 is 0 Å². The number of aromatic nitrogens is 2. The maximum Gasteiger partial charge on any atom is 0.154 e. The van der Waals surface area contributed by atoms with E-state index in [2.05, 4.69) is 4.98 Å². The van der Waals surface area contributed by atoms with Gasteiger partial charge in [-0.25, -0.2) is 4.98 Å². The number of ether oxygens (including phenoxy) is 1. The van der Waals surface area contributed by atoms with Gasteiger partial charge in [-0.2, -0.15) is 0 Å². The average Bonchev–Trinajstić information content (AvgIpc) is 2.49. The maximum absolute atomic E-state index is 11.0. The number of rotatable bonds is 2. The van der Waals surface area contributed by atoms with Crippen molar-refractivity contribution in [3.05, 3.63) is 12.0 Å². The van der Waals surface area contributed by atoms with Gasteiger partial charge in [-0.3, -0.25) is 4.79 Å². The first-order valence-electron chi connectivity index (χ1n) is 4.51. The molecule has 2 rings (SSSR count). The zero-order chi connectivity index (χ0) is 10.1. The monoisotopic (exact) mass is 195 g/mol. The summed E-state index contributed by atoms with van der Waals surface area (Å²) in [6.45, 7) is 3.04. The molecule has 0 N–H and O–H groups in total. The third-order valence-corrected chi connectivity index (χ3v) is 2.20. The Morgan fingerprint density at radius 1 is 1.71 bits per heavy atom. The van der Waals surface area contributed by atoms with Crippen molar-refractivity contribution in [2.45, 2.75) is 20.1 Å². The van der Waals surface area contributed by atoms with Crippen LogP contribution in [0, 0.1) is 0 Å². The van der Waals surface area contributed by atoms with Gasteiger partial charge in [-0.1, -0.05) is 0 Å². The van der Waals surface area contributed by atoms with Crippen molar-refractivity contribution in [2.75, 3.05) is 18.7 Å². The number of fused-ring (bicyclic) bond motifs is 1. The second kappa shape index (κ2) is 3.42. The minimum atomic E-state index is 0.124. The molecule has 1 aliphatic rings. The van der Waals surface area contributed by atoms with E-state index in [-0.39, 0.29) is 5.78 Å².